The van der Waals surface area contributed by atoms with Crippen LogP contribution in [0.3, 0.4) is 0 Å². The zero-order valence-corrected chi connectivity index (χ0v) is 14.5. The first kappa shape index (κ1) is 18.5. The van der Waals surface area contributed by atoms with Crippen LogP contribution in [0.5, 0.6) is 0 Å². The molecule has 0 spiro atoms. The normalized spacial score (nSPS) is 20.3. The molecule has 0 radical (unpaired) electrons. The molecule has 2 unspecified atom stereocenters. The van der Waals surface area contributed by atoms with Gasteiger partial charge in [0.05, 0.1) is 19.2 Å². The van der Waals surface area contributed by atoms with Crippen molar-refractivity contribution in [3.05, 3.63) is 71.3 Å². The fourth-order valence-corrected chi connectivity index (χ4v) is 2.86. The number of amides is 1. The van der Waals surface area contributed by atoms with E-state index in [-0.39, 0.29) is 30.5 Å². The standard InChI is InChI=1S/C19H22N2O2.ClH/c1-14-13-23-18(16-5-3-2-4-6-16)12-21(14)19(22)17-9-7-15(11-20)8-10-17;/h2-10,14,18H,11-13,20H2,1H3;1H. The molecule has 2 atom stereocenters. The molecule has 4 nitrogen and oxygen atoms in total. The van der Waals surface area contributed by atoms with Crippen LogP contribution < -0.4 is 5.73 Å². The maximum Gasteiger partial charge on any atom is 0.254 e. The van der Waals surface area contributed by atoms with Gasteiger partial charge in [0.25, 0.3) is 5.91 Å². The SMILES string of the molecule is CC1COC(c2ccccc2)CN1C(=O)c1ccc(CN)cc1.Cl. The van der Waals surface area contributed by atoms with Crippen LogP contribution in [0.25, 0.3) is 0 Å². The number of ether oxygens (including phenoxy) is 1. The lowest BCUT2D eigenvalue weighted by Crippen LogP contribution is -2.48. The second-order valence-corrected chi connectivity index (χ2v) is 5.94. The molecule has 1 aliphatic heterocycles. The Labute approximate surface area is 149 Å². The number of halogens is 1. The monoisotopic (exact) mass is 346 g/mol. The van der Waals surface area contributed by atoms with Crippen molar-refractivity contribution in [1.82, 2.24) is 4.90 Å². The lowest BCUT2D eigenvalue weighted by Gasteiger charge is -2.38. The molecular weight excluding hydrogens is 324 g/mol. The van der Waals surface area contributed by atoms with Gasteiger partial charge < -0.3 is 15.4 Å². The maximum absolute atomic E-state index is 12.8. The molecule has 0 bridgehead atoms. The van der Waals surface area contributed by atoms with Crippen LogP contribution in [0.15, 0.2) is 54.6 Å². The summed E-state index contributed by atoms with van der Waals surface area (Å²) in [5.41, 5.74) is 8.44. The molecule has 0 aliphatic carbocycles. The predicted octanol–water partition coefficient (Wildman–Crippen LogP) is 3.17. The van der Waals surface area contributed by atoms with Gasteiger partial charge in [0.2, 0.25) is 0 Å². The molecule has 2 N–H and O–H groups in total. The maximum atomic E-state index is 12.8. The van der Waals surface area contributed by atoms with E-state index in [2.05, 4.69) is 0 Å². The van der Waals surface area contributed by atoms with Crippen LogP contribution in [0.4, 0.5) is 0 Å². The quantitative estimate of drug-likeness (QED) is 0.928. The van der Waals surface area contributed by atoms with Crippen LogP contribution in [-0.4, -0.2) is 30.0 Å². The topological polar surface area (TPSA) is 55.6 Å². The van der Waals surface area contributed by atoms with Gasteiger partial charge in [-0.3, -0.25) is 4.79 Å². The number of nitrogens with two attached hydrogens (primary N) is 1. The van der Waals surface area contributed by atoms with E-state index in [9.17, 15) is 4.79 Å². The number of nitrogens with zero attached hydrogens (tertiary/aromatic N) is 1. The molecule has 24 heavy (non-hydrogen) atoms. The van der Waals surface area contributed by atoms with E-state index in [0.29, 0.717) is 25.3 Å². The van der Waals surface area contributed by atoms with Crippen LogP contribution in [0.2, 0.25) is 0 Å². The third-order valence-electron chi connectivity index (χ3n) is 4.30. The predicted molar refractivity (Wildman–Crippen MR) is 97.2 cm³/mol. The minimum absolute atomic E-state index is 0. The number of carbonyl (C=O) groups excluding carboxylic acids is 1. The van der Waals surface area contributed by atoms with Crippen molar-refractivity contribution >= 4 is 18.3 Å². The van der Waals surface area contributed by atoms with Crippen molar-refractivity contribution in [3.63, 3.8) is 0 Å². The van der Waals surface area contributed by atoms with E-state index in [0.717, 1.165) is 11.1 Å². The van der Waals surface area contributed by atoms with Gasteiger partial charge in [-0.25, -0.2) is 0 Å². The van der Waals surface area contributed by atoms with Crippen molar-refractivity contribution in [2.75, 3.05) is 13.2 Å². The van der Waals surface area contributed by atoms with E-state index in [1.807, 2.05) is 66.4 Å². The second kappa shape index (κ2) is 8.29. The highest BCUT2D eigenvalue weighted by Gasteiger charge is 2.30. The molecular formula is C19H23ClN2O2. The third-order valence-corrected chi connectivity index (χ3v) is 4.30. The zero-order valence-electron chi connectivity index (χ0n) is 13.7. The first-order valence-electron chi connectivity index (χ1n) is 7.95. The molecule has 1 amide bonds. The molecule has 1 aliphatic rings. The Balaban J connectivity index is 0.00000208. The summed E-state index contributed by atoms with van der Waals surface area (Å²) in [4.78, 5) is 14.7. The molecule has 2 aromatic carbocycles. The molecule has 2 aromatic rings. The fraction of sp³-hybridized carbons (Fsp3) is 0.316. The van der Waals surface area contributed by atoms with Gasteiger partial charge in [0, 0.05) is 12.1 Å². The summed E-state index contributed by atoms with van der Waals surface area (Å²) in [5, 5.41) is 0. The molecule has 0 aromatic heterocycles. The summed E-state index contributed by atoms with van der Waals surface area (Å²) in [5.74, 6) is 0.0466. The van der Waals surface area contributed by atoms with Gasteiger partial charge in [-0.2, -0.15) is 0 Å². The van der Waals surface area contributed by atoms with Crippen LogP contribution in [0, 0.1) is 0 Å². The molecule has 128 valence electrons. The van der Waals surface area contributed by atoms with Gasteiger partial charge in [0.1, 0.15) is 6.10 Å². The lowest BCUT2D eigenvalue weighted by molar-refractivity contribution is -0.0486. The van der Waals surface area contributed by atoms with Crippen molar-refractivity contribution in [1.29, 1.82) is 0 Å². The first-order chi connectivity index (χ1) is 11.2. The van der Waals surface area contributed by atoms with Gasteiger partial charge >= 0.3 is 0 Å². The molecule has 1 fully saturated rings. The summed E-state index contributed by atoms with van der Waals surface area (Å²) in [6, 6.07) is 17.6. The highest BCUT2D eigenvalue weighted by molar-refractivity contribution is 5.94. The average Bonchev–Trinajstić information content (AvgIpc) is 2.62. The number of hydrogen-bond donors (Lipinski definition) is 1. The molecule has 1 saturated heterocycles. The van der Waals surface area contributed by atoms with E-state index in [1.165, 1.54) is 0 Å². The Kier molecular flexibility index (Phi) is 6.37. The van der Waals surface area contributed by atoms with E-state index in [4.69, 9.17) is 10.5 Å². The number of morpholine rings is 1. The fourth-order valence-electron chi connectivity index (χ4n) is 2.86. The van der Waals surface area contributed by atoms with Crippen LogP contribution in [-0.2, 0) is 11.3 Å². The third kappa shape index (κ3) is 3.96. The lowest BCUT2D eigenvalue weighted by atomic mass is 10.0. The van der Waals surface area contributed by atoms with Crippen molar-refractivity contribution in [2.24, 2.45) is 5.73 Å². The number of hydrogen-bond acceptors (Lipinski definition) is 3. The minimum Gasteiger partial charge on any atom is -0.370 e. The van der Waals surface area contributed by atoms with Gasteiger partial charge in [-0.15, -0.1) is 12.4 Å². The molecule has 5 heteroatoms. The summed E-state index contributed by atoms with van der Waals surface area (Å²) >= 11 is 0. The minimum atomic E-state index is -0.0698. The number of carbonyl (C=O) groups is 1. The van der Waals surface area contributed by atoms with Gasteiger partial charge in [-0.05, 0) is 30.2 Å². The molecule has 0 saturated carbocycles. The van der Waals surface area contributed by atoms with Crippen LogP contribution >= 0.6 is 12.4 Å². The highest BCUT2D eigenvalue weighted by atomic mass is 35.5. The Morgan fingerprint density at radius 3 is 2.46 bits per heavy atom. The van der Waals surface area contributed by atoms with Crippen molar-refractivity contribution < 1.29 is 9.53 Å². The second-order valence-electron chi connectivity index (χ2n) is 5.94. The Hall–Kier alpha value is -1.88. The van der Waals surface area contributed by atoms with E-state index >= 15 is 0 Å². The summed E-state index contributed by atoms with van der Waals surface area (Å²) in [7, 11) is 0. The Morgan fingerprint density at radius 1 is 1.17 bits per heavy atom. The summed E-state index contributed by atoms with van der Waals surface area (Å²) < 4.78 is 5.92. The van der Waals surface area contributed by atoms with E-state index in [1.54, 1.807) is 0 Å². The van der Waals surface area contributed by atoms with Gasteiger partial charge in [0.15, 0.2) is 0 Å². The number of benzene rings is 2. The van der Waals surface area contributed by atoms with E-state index < -0.39 is 0 Å². The Bertz CT molecular complexity index is 661. The number of rotatable bonds is 3. The Morgan fingerprint density at radius 2 is 1.83 bits per heavy atom. The van der Waals surface area contributed by atoms with Crippen LogP contribution in [0.1, 0.15) is 34.5 Å². The smallest absolute Gasteiger partial charge is 0.254 e. The molecule has 3 rings (SSSR count). The van der Waals surface area contributed by atoms with Crippen molar-refractivity contribution in [2.45, 2.75) is 25.6 Å². The largest absolute Gasteiger partial charge is 0.370 e. The summed E-state index contributed by atoms with van der Waals surface area (Å²) in [6.07, 6.45) is -0.0698. The first-order valence-corrected chi connectivity index (χ1v) is 7.95. The molecule has 1 heterocycles. The highest BCUT2D eigenvalue weighted by Crippen LogP contribution is 2.26. The zero-order chi connectivity index (χ0) is 16.2. The van der Waals surface area contributed by atoms with Gasteiger partial charge in [-0.1, -0.05) is 42.5 Å². The van der Waals surface area contributed by atoms with Crippen molar-refractivity contribution in [3.8, 4) is 0 Å². The summed E-state index contributed by atoms with van der Waals surface area (Å²) in [6.45, 7) is 3.63. The average molecular weight is 347 g/mol.